The van der Waals surface area contributed by atoms with Crippen molar-refractivity contribution in [1.82, 2.24) is 0 Å². The molecule has 1 heterocycles. The van der Waals surface area contributed by atoms with Crippen molar-refractivity contribution < 1.29 is 11.3 Å². The lowest BCUT2D eigenvalue weighted by Crippen LogP contribution is -1.92. The molecule has 0 N–H and O–H groups in total. The summed E-state index contributed by atoms with van der Waals surface area (Å²) in [7, 11) is 0. The van der Waals surface area contributed by atoms with Crippen LogP contribution in [0.4, 0.5) is 0 Å². The average molecular weight is 628 g/mol. The molecule has 228 valence electrons. The van der Waals surface area contributed by atoms with E-state index in [2.05, 4.69) is 109 Å². The van der Waals surface area contributed by atoms with Gasteiger partial charge in [-0.1, -0.05) is 164 Å². The summed E-state index contributed by atoms with van der Waals surface area (Å²) >= 11 is 0. The highest BCUT2D eigenvalue weighted by Gasteiger charge is 2.20. The number of hydrogen-bond donors (Lipinski definition) is 0. The Kier molecular flexibility index (Phi) is 5.20. The molecule has 0 fully saturated rings. The van der Waals surface area contributed by atoms with Gasteiger partial charge in [-0.05, 0) is 89.6 Å². The normalized spacial score (nSPS) is 13.1. The molecule has 49 heavy (non-hydrogen) atoms. The molecule has 9 aromatic carbocycles. The first-order valence-corrected chi connectivity index (χ1v) is 16.4. The van der Waals surface area contributed by atoms with E-state index in [1.165, 1.54) is 16.7 Å². The minimum Gasteiger partial charge on any atom is -0.455 e. The summed E-state index contributed by atoms with van der Waals surface area (Å²) in [6.07, 6.45) is 0. The Hall–Kier alpha value is -6.44. The molecular formula is C48H30O. The second-order valence-corrected chi connectivity index (χ2v) is 12.4. The molecule has 1 aromatic heterocycles. The molecule has 0 spiro atoms. The van der Waals surface area contributed by atoms with Crippen LogP contribution >= 0.6 is 0 Å². The van der Waals surface area contributed by atoms with Crippen LogP contribution in [-0.4, -0.2) is 0 Å². The molecule has 0 atom stereocenters. The van der Waals surface area contributed by atoms with Crippen LogP contribution in [0.25, 0.3) is 98.8 Å². The fourth-order valence-corrected chi connectivity index (χ4v) is 7.65. The average Bonchev–Trinajstić information content (AvgIpc) is 3.59. The standard InChI is InChI=1S/C48H30O/c1-3-15-31(16-4-1)34-19-7-9-21-36(34)47-39-24-12-10-22-37(39)46(38-23-11-13-25-40(38)47)33-27-28-45-43(29-33)44-30-42(32-17-5-2-6-18-32)35-20-8-14-26-41(35)48(44)49-45/h1-30H/i2D,5D,6D,17D,18D. The molecule has 0 bridgehead atoms. The van der Waals surface area contributed by atoms with E-state index in [0.717, 1.165) is 59.8 Å². The Morgan fingerprint density at radius 1 is 0.347 bits per heavy atom. The van der Waals surface area contributed by atoms with Crippen LogP contribution in [0.2, 0.25) is 0 Å². The van der Waals surface area contributed by atoms with Crippen LogP contribution in [0.3, 0.4) is 0 Å². The molecule has 0 aliphatic carbocycles. The van der Waals surface area contributed by atoms with E-state index < -0.39 is 6.04 Å². The van der Waals surface area contributed by atoms with Crippen molar-refractivity contribution in [2.75, 3.05) is 0 Å². The summed E-state index contributed by atoms with van der Waals surface area (Å²) in [6, 6.07) is 50.8. The van der Waals surface area contributed by atoms with Gasteiger partial charge in [0.1, 0.15) is 11.2 Å². The minimum absolute atomic E-state index is 0.174. The summed E-state index contributed by atoms with van der Waals surface area (Å²) in [5, 5.41) is 7.83. The quantitative estimate of drug-likeness (QED) is 0.177. The number of hydrogen-bond acceptors (Lipinski definition) is 1. The molecule has 0 saturated carbocycles. The van der Waals surface area contributed by atoms with E-state index in [0.29, 0.717) is 16.7 Å². The molecule has 0 aliphatic rings. The van der Waals surface area contributed by atoms with Gasteiger partial charge in [-0.15, -0.1) is 0 Å². The summed E-state index contributed by atoms with van der Waals surface area (Å²) in [6.45, 7) is 0. The summed E-state index contributed by atoms with van der Waals surface area (Å²) < 4.78 is 49.3. The lowest BCUT2D eigenvalue weighted by molar-refractivity contribution is 0.673. The third-order valence-corrected chi connectivity index (χ3v) is 9.75. The smallest absolute Gasteiger partial charge is 0.143 e. The van der Waals surface area contributed by atoms with Crippen LogP contribution in [0.15, 0.2) is 186 Å². The first-order chi connectivity index (χ1) is 26.4. The van der Waals surface area contributed by atoms with Gasteiger partial charge < -0.3 is 4.42 Å². The van der Waals surface area contributed by atoms with E-state index in [-0.39, 0.29) is 29.7 Å². The molecule has 10 aromatic rings. The highest BCUT2D eigenvalue weighted by molar-refractivity contribution is 6.24. The summed E-state index contributed by atoms with van der Waals surface area (Å²) in [5.41, 5.74) is 8.99. The third-order valence-electron chi connectivity index (χ3n) is 9.75. The number of rotatable bonds is 4. The van der Waals surface area contributed by atoms with E-state index in [1.807, 2.05) is 42.5 Å². The second-order valence-electron chi connectivity index (χ2n) is 12.4. The van der Waals surface area contributed by atoms with E-state index in [9.17, 15) is 0 Å². The van der Waals surface area contributed by atoms with Crippen molar-refractivity contribution in [2.45, 2.75) is 0 Å². The SMILES string of the molecule is [2H]c1c([2H])c([2H])c(-c2cc3c4cc(-c5c6ccccc6c(-c6ccccc6-c6ccccc6)c6ccccc56)ccc4oc3c3ccccc23)c([2H])c1[2H]. The maximum atomic E-state index is 8.83. The van der Waals surface area contributed by atoms with Gasteiger partial charge in [0.25, 0.3) is 0 Å². The number of furan rings is 1. The van der Waals surface area contributed by atoms with Gasteiger partial charge >= 0.3 is 0 Å². The van der Waals surface area contributed by atoms with Crippen molar-refractivity contribution in [3.05, 3.63) is 182 Å². The van der Waals surface area contributed by atoms with Crippen LogP contribution in [0.1, 0.15) is 6.85 Å². The van der Waals surface area contributed by atoms with Gasteiger partial charge in [-0.3, -0.25) is 0 Å². The fourth-order valence-electron chi connectivity index (χ4n) is 7.65. The zero-order valence-electron chi connectivity index (χ0n) is 31.3. The van der Waals surface area contributed by atoms with Gasteiger partial charge in [0.2, 0.25) is 0 Å². The fraction of sp³-hybridized carbons (Fsp3) is 0. The molecule has 10 rings (SSSR count). The second kappa shape index (κ2) is 11.1. The van der Waals surface area contributed by atoms with Crippen molar-refractivity contribution in [3.63, 3.8) is 0 Å². The molecule has 0 aliphatic heterocycles. The van der Waals surface area contributed by atoms with Gasteiger partial charge in [0.05, 0.1) is 6.85 Å². The minimum atomic E-state index is -0.411. The van der Waals surface area contributed by atoms with Gasteiger partial charge in [0, 0.05) is 16.2 Å². The van der Waals surface area contributed by atoms with E-state index in [4.69, 9.17) is 11.3 Å². The van der Waals surface area contributed by atoms with Crippen LogP contribution in [-0.2, 0) is 0 Å². The van der Waals surface area contributed by atoms with E-state index >= 15 is 0 Å². The van der Waals surface area contributed by atoms with Gasteiger partial charge in [-0.2, -0.15) is 0 Å². The van der Waals surface area contributed by atoms with Crippen LogP contribution < -0.4 is 0 Å². The highest BCUT2D eigenvalue weighted by Crippen LogP contribution is 2.47. The third kappa shape index (κ3) is 4.33. The Labute approximate surface area is 291 Å². The van der Waals surface area contributed by atoms with Crippen molar-refractivity contribution >= 4 is 54.3 Å². The lowest BCUT2D eigenvalue weighted by atomic mass is 9.83. The Bertz CT molecular complexity index is 3080. The van der Waals surface area contributed by atoms with Crippen molar-refractivity contribution in [2.24, 2.45) is 0 Å². The molecule has 0 saturated heterocycles. The summed E-state index contributed by atoms with van der Waals surface area (Å²) in [5.74, 6) is 0. The molecule has 1 heteroatoms. The number of benzene rings is 9. The molecule has 0 radical (unpaired) electrons. The Morgan fingerprint density at radius 3 is 1.61 bits per heavy atom. The summed E-state index contributed by atoms with van der Waals surface area (Å²) in [4.78, 5) is 0. The maximum absolute atomic E-state index is 8.83. The zero-order valence-corrected chi connectivity index (χ0v) is 26.3. The Balaban J connectivity index is 1.27. The maximum Gasteiger partial charge on any atom is 0.143 e. The van der Waals surface area contributed by atoms with Gasteiger partial charge in [-0.25, -0.2) is 0 Å². The van der Waals surface area contributed by atoms with Crippen LogP contribution in [0, 0.1) is 0 Å². The largest absolute Gasteiger partial charge is 0.455 e. The topological polar surface area (TPSA) is 13.1 Å². The molecule has 0 unspecified atom stereocenters. The predicted octanol–water partition coefficient (Wildman–Crippen LogP) is 13.7. The molecular weight excluding hydrogens is 593 g/mol. The van der Waals surface area contributed by atoms with E-state index in [1.54, 1.807) is 0 Å². The first kappa shape index (κ1) is 23.0. The first-order valence-electron chi connectivity index (χ1n) is 18.9. The predicted molar refractivity (Wildman–Crippen MR) is 208 cm³/mol. The number of fused-ring (bicyclic) bond motifs is 7. The van der Waals surface area contributed by atoms with Crippen molar-refractivity contribution in [1.29, 1.82) is 0 Å². The molecule has 1 nitrogen and oxygen atoms in total. The zero-order chi connectivity index (χ0) is 36.7. The highest BCUT2D eigenvalue weighted by atomic mass is 16.3. The van der Waals surface area contributed by atoms with Crippen molar-refractivity contribution in [3.8, 4) is 44.5 Å². The van der Waals surface area contributed by atoms with Gasteiger partial charge in [0.15, 0.2) is 0 Å². The van der Waals surface area contributed by atoms with Crippen LogP contribution in [0.5, 0.6) is 0 Å². The Morgan fingerprint density at radius 2 is 0.918 bits per heavy atom. The monoisotopic (exact) mass is 627 g/mol. The lowest BCUT2D eigenvalue weighted by Gasteiger charge is -2.19. The molecule has 0 amide bonds.